The van der Waals surface area contributed by atoms with Crippen molar-refractivity contribution in [3.63, 3.8) is 0 Å². The van der Waals surface area contributed by atoms with Crippen LogP contribution in [0.1, 0.15) is 24.0 Å². The average Bonchev–Trinajstić information content (AvgIpc) is 2.86. The van der Waals surface area contributed by atoms with E-state index in [-0.39, 0.29) is 5.78 Å². The van der Waals surface area contributed by atoms with Crippen molar-refractivity contribution in [1.82, 2.24) is 0 Å². The molecule has 3 nitrogen and oxygen atoms in total. The topological polar surface area (TPSA) is 52.3 Å². The summed E-state index contributed by atoms with van der Waals surface area (Å²) in [5.41, 5.74) is 7.30. The van der Waals surface area contributed by atoms with Gasteiger partial charge in [-0.3, -0.25) is 4.79 Å². The molecule has 0 aromatic heterocycles. The standard InChI is InChI=1S/C13H14ClNO2/c14-10-5-8-1-4-17-12(8)9(6-10)7-11(16)13(15)2-3-13/h5-6H,1-4,7,15H2. The van der Waals surface area contributed by atoms with Crippen LogP contribution in [-0.2, 0) is 17.6 Å². The zero-order valence-electron chi connectivity index (χ0n) is 9.46. The van der Waals surface area contributed by atoms with E-state index in [1.165, 1.54) is 0 Å². The van der Waals surface area contributed by atoms with Gasteiger partial charge in [-0.1, -0.05) is 11.6 Å². The minimum absolute atomic E-state index is 0.0949. The summed E-state index contributed by atoms with van der Waals surface area (Å²) in [6.45, 7) is 0.671. The number of hydrogen-bond donors (Lipinski definition) is 1. The summed E-state index contributed by atoms with van der Waals surface area (Å²) in [5.74, 6) is 0.935. The molecule has 2 aliphatic rings. The van der Waals surface area contributed by atoms with Crippen molar-refractivity contribution in [2.45, 2.75) is 31.2 Å². The molecular formula is C13H14ClNO2. The van der Waals surface area contributed by atoms with Crippen LogP contribution in [0.3, 0.4) is 0 Å². The Labute approximate surface area is 105 Å². The number of carbonyl (C=O) groups is 1. The third kappa shape index (κ3) is 1.94. The number of carbonyl (C=O) groups excluding carboxylic acids is 1. The average molecular weight is 252 g/mol. The Morgan fingerprint density at radius 1 is 1.47 bits per heavy atom. The van der Waals surface area contributed by atoms with E-state index in [9.17, 15) is 4.79 Å². The van der Waals surface area contributed by atoms with Gasteiger partial charge < -0.3 is 10.5 Å². The fourth-order valence-corrected chi connectivity index (χ4v) is 2.50. The van der Waals surface area contributed by atoms with E-state index in [2.05, 4.69) is 0 Å². The molecule has 1 aliphatic heterocycles. The summed E-state index contributed by atoms with van der Waals surface area (Å²) in [6, 6.07) is 3.72. The second-order valence-electron chi connectivity index (χ2n) is 4.91. The fraction of sp³-hybridized carbons (Fsp3) is 0.462. The molecule has 0 bridgehead atoms. The van der Waals surface area contributed by atoms with Gasteiger partial charge in [-0.05, 0) is 30.5 Å². The predicted molar refractivity (Wildman–Crippen MR) is 65.5 cm³/mol. The second-order valence-corrected chi connectivity index (χ2v) is 5.34. The van der Waals surface area contributed by atoms with Crippen molar-refractivity contribution in [2.75, 3.05) is 6.61 Å². The van der Waals surface area contributed by atoms with Crippen molar-refractivity contribution in [3.05, 3.63) is 28.3 Å². The minimum atomic E-state index is -0.576. The predicted octanol–water partition coefficient (Wildman–Crippen LogP) is 1.88. The van der Waals surface area contributed by atoms with Crippen molar-refractivity contribution in [2.24, 2.45) is 5.73 Å². The highest BCUT2D eigenvalue weighted by atomic mass is 35.5. The molecule has 0 radical (unpaired) electrons. The van der Waals surface area contributed by atoms with Gasteiger partial charge in [0.05, 0.1) is 12.1 Å². The first kappa shape index (κ1) is 11.1. The summed E-state index contributed by atoms with van der Waals surface area (Å²) in [7, 11) is 0. The maximum Gasteiger partial charge on any atom is 0.157 e. The van der Waals surface area contributed by atoms with Crippen LogP contribution in [0.15, 0.2) is 12.1 Å². The highest BCUT2D eigenvalue weighted by Gasteiger charge is 2.45. The van der Waals surface area contributed by atoms with E-state index in [0.29, 0.717) is 18.1 Å². The number of rotatable bonds is 3. The summed E-state index contributed by atoms with van der Waals surface area (Å²) in [4.78, 5) is 12.0. The largest absolute Gasteiger partial charge is 0.493 e. The number of Topliss-reactive ketones (excluding diaryl/α,β-unsaturated/α-hetero) is 1. The van der Waals surface area contributed by atoms with Crippen LogP contribution in [0.4, 0.5) is 0 Å². The van der Waals surface area contributed by atoms with Crippen molar-refractivity contribution in [3.8, 4) is 5.75 Å². The molecule has 1 saturated carbocycles. The van der Waals surface area contributed by atoms with Gasteiger partial charge in [0.1, 0.15) is 5.75 Å². The Bertz CT molecular complexity index is 494. The lowest BCUT2D eigenvalue weighted by Gasteiger charge is -2.11. The van der Waals surface area contributed by atoms with Crippen molar-refractivity contribution >= 4 is 17.4 Å². The molecule has 0 unspecified atom stereocenters. The Balaban J connectivity index is 1.90. The summed E-state index contributed by atoms with van der Waals surface area (Å²) >= 11 is 6.04. The molecule has 0 saturated heterocycles. The molecule has 1 aromatic rings. The lowest BCUT2D eigenvalue weighted by atomic mass is 9.99. The molecule has 0 atom stereocenters. The van der Waals surface area contributed by atoms with Gasteiger partial charge in [0.15, 0.2) is 5.78 Å². The molecule has 0 amide bonds. The fourth-order valence-electron chi connectivity index (χ4n) is 2.24. The van der Waals surface area contributed by atoms with E-state index in [0.717, 1.165) is 36.1 Å². The molecule has 17 heavy (non-hydrogen) atoms. The van der Waals surface area contributed by atoms with Crippen molar-refractivity contribution in [1.29, 1.82) is 0 Å². The highest BCUT2D eigenvalue weighted by Crippen LogP contribution is 2.37. The molecule has 0 spiro atoms. The first-order valence-electron chi connectivity index (χ1n) is 5.85. The van der Waals surface area contributed by atoms with Crippen LogP contribution in [0.5, 0.6) is 5.75 Å². The van der Waals surface area contributed by atoms with Crippen LogP contribution in [0.25, 0.3) is 0 Å². The summed E-state index contributed by atoms with van der Waals surface area (Å²) in [6.07, 6.45) is 2.80. The maximum atomic E-state index is 12.0. The van der Waals surface area contributed by atoms with E-state index >= 15 is 0 Å². The zero-order chi connectivity index (χ0) is 12.0. The van der Waals surface area contributed by atoms with E-state index in [4.69, 9.17) is 22.1 Å². The van der Waals surface area contributed by atoms with Crippen LogP contribution in [0, 0.1) is 0 Å². The third-order valence-corrected chi connectivity index (χ3v) is 3.74. The van der Waals surface area contributed by atoms with Gasteiger partial charge in [0.25, 0.3) is 0 Å². The van der Waals surface area contributed by atoms with Gasteiger partial charge in [-0.15, -0.1) is 0 Å². The zero-order valence-corrected chi connectivity index (χ0v) is 10.2. The number of ether oxygens (including phenoxy) is 1. The number of hydrogen-bond acceptors (Lipinski definition) is 3. The SMILES string of the molecule is NC1(C(=O)Cc2cc(Cl)cc3c2OCC3)CC1. The summed E-state index contributed by atoms with van der Waals surface area (Å²) < 4.78 is 5.57. The Kier molecular flexibility index (Phi) is 2.42. The molecular weight excluding hydrogens is 238 g/mol. The van der Waals surface area contributed by atoms with Gasteiger partial charge in [0, 0.05) is 23.4 Å². The lowest BCUT2D eigenvalue weighted by Crippen LogP contribution is -2.34. The molecule has 2 N–H and O–H groups in total. The normalized spacial score (nSPS) is 19.6. The molecule has 3 rings (SSSR count). The lowest BCUT2D eigenvalue weighted by molar-refractivity contribution is -0.120. The van der Waals surface area contributed by atoms with Gasteiger partial charge in [-0.2, -0.15) is 0 Å². The molecule has 1 fully saturated rings. The minimum Gasteiger partial charge on any atom is -0.493 e. The highest BCUT2D eigenvalue weighted by molar-refractivity contribution is 6.30. The number of halogens is 1. The second kappa shape index (κ2) is 3.72. The number of fused-ring (bicyclic) bond motifs is 1. The Hall–Kier alpha value is -1.06. The van der Waals surface area contributed by atoms with E-state index < -0.39 is 5.54 Å². The van der Waals surface area contributed by atoms with Crippen LogP contribution < -0.4 is 10.5 Å². The quantitative estimate of drug-likeness (QED) is 0.893. The monoisotopic (exact) mass is 251 g/mol. The number of ketones is 1. The van der Waals surface area contributed by atoms with E-state index in [1.54, 1.807) is 0 Å². The van der Waals surface area contributed by atoms with Crippen LogP contribution in [0.2, 0.25) is 5.02 Å². The van der Waals surface area contributed by atoms with Crippen LogP contribution in [-0.4, -0.2) is 17.9 Å². The van der Waals surface area contributed by atoms with Gasteiger partial charge in [-0.25, -0.2) is 0 Å². The van der Waals surface area contributed by atoms with Crippen molar-refractivity contribution < 1.29 is 9.53 Å². The molecule has 4 heteroatoms. The van der Waals surface area contributed by atoms with Gasteiger partial charge in [0.2, 0.25) is 0 Å². The number of nitrogens with two attached hydrogens (primary N) is 1. The first-order valence-corrected chi connectivity index (χ1v) is 6.23. The maximum absolute atomic E-state index is 12.0. The van der Waals surface area contributed by atoms with Crippen LogP contribution >= 0.6 is 11.6 Å². The Morgan fingerprint density at radius 3 is 2.94 bits per heavy atom. The Morgan fingerprint density at radius 2 is 2.24 bits per heavy atom. The molecule has 1 heterocycles. The first-order chi connectivity index (χ1) is 8.08. The number of benzene rings is 1. The molecule has 90 valence electrons. The van der Waals surface area contributed by atoms with E-state index in [1.807, 2.05) is 12.1 Å². The molecule has 1 aromatic carbocycles. The van der Waals surface area contributed by atoms with Gasteiger partial charge >= 0.3 is 0 Å². The smallest absolute Gasteiger partial charge is 0.157 e. The summed E-state index contributed by atoms with van der Waals surface area (Å²) in [5, 5.41) is 0.666. The molecule has 1 aliphatic carbocycles. The third-order valence-electron chi connectivity index (χ3n) is 3.52.